The summed E-state index contributed by atoms with van der Waals surface area (Å²) in [4.78, 5) is 10.9. The first-order valence-corrected chi connectivity index (χ1v) is 3.56. The third-order valence-corrected chi connectivity index (χ3v) is 1.92. The average Bonchev–Trinajstić information content (AvgIpc) is 2.13. The van der Waals surface area contributed by atoms with Crippen LogP contribution >= 0.6 is 11.3 Å². The van der Waals surface area contributed by atoms with E-state index in [1.165, 1.54) is 11.3 Å². The Morgan fingerprint density at radius 1 is 1.70 bits per heavy atom. The van der Waals surface area contributed by atoms with Crippen molar-refractivity contribution in [3.05, 3.63) is 17.0 Å². The van der Waals surface area contributed by atoms with Gasteiger partial charge in [0, 0.05) is 4.88 Å². The summed E-state index contributed by atoms with van der Waals surface area (Å²) in [5, 5.41) is 9.01. The third kappa shape index (κ3) is 1.73. The van der Waals surface area contributed by atoms with E-state index in [1.54, 1.807) is 12.1 Å². The van der Waals surface area contributed by atoms with E-state index in [-0.39, 0.29) is 6.42 Å². The second-order valence-electron chi connectivity index (χ2n) is 1.87. The Labute approximate surface area is 62.1 Å². The number of carboxylic acids is 1. The van der Waals surface area contributed by atoms with E-state index < -0.39 is 5.97 Å². The first-order chi connectivity index (χ1) is 4.68. The molecule has 0 aliphatic carbocycles. The van der Waals surface area contributed by atoms with Crippen molar-refractivity contribution < 1.29 is 9.90 Å². The van der Waals surface area contributed by atoms with Crippen molar-refractivity contribution in [1.82, 2.24) is 0 Å². The Kier molecular flexibility index (Phi) is 1.91. The molecule has 0 aromatic carbocycles. The number of hydrogen-bond acceptors (Lipinski definition) is 3. The van der Waals surface area contributed by atoms with Crippen LogP contribution in [0, 0.1) is 0 Å². The van der Waals surface area contributed by atoms with Crippen LogP contribution in [0.4, 0.5) is 5.00 Å². The average molecular weight is 157 g/mol. The van der Waals surface area contributed by atoms with E-state index in [0.717, 1.165) is 4.88 Å². The molecular formula is C6H7NO2S. The van der Waals surface area contributed by atoms with E-state index in [4.69, 9.17) is 10.8 Å². The quantitative estimate of drug-likeness (QED) is 0.672. The van der Waals surface area contributed by atoms with E-state index in [2.05, 4.69) is 0 Å². The number of carboxylic acid groups (broad SMARTS) is 1. The highest BCUT2D eigenvalue weighted by Gasteiger charge is 2.01. The molecule has 0 bridgehead atoms. The van der Waals surface area contributed by atoms with Gasteiger partial charge in [0.15, 0.2) is 0 Å². The highest BCUT2D eigenvalue weighted by molar-refractivity contribution is 7.15. The van der Waals surface area contributed by atoms with Crippen LogP contribution in [0.15, 0.2) is 12.1 Å². The van der Waals surface area contributed by atoms with Crippen LogP contribution in [0.25, 0.3) is 0 Å². The molecule has 0 atom stereocenters. The minimum absolute atomic E-state index is 0.0713. The Bertz CT molecular complexity index is 244. The van der Waals surface area contributed by atoms with Crippen LogP contribution in [0.3, 0.4) is 0 Å². The Hall–Kier alpha value is -1.03. The molecule has 1 aromatic heterocycles. The minimum Gasteiger partial charge on any atom is -0.481 e. The van der Waals surface area contributed by atoms with Crippen LogP contribution < -0.4 is 5.73 Å². The molecule has 3 N–H and O–H groups in total. The maximum Gasteiger partial charge on any atom is 0.308 e. The van der Waals surface area contributed by atoms with Crippen molar-refractivity contribution >= 4 is 22.3 Å². The molecule has 1 heterocycles. The summed E-state index contributed by atoms with van der Waals surface area (Å²) in [7, 11) is 0. The predicted octanol–water partition coefficient (Wildman–Crippen LogP) is 0.957. The van der Waals surface area contributed by atoms with Gasteiger partial charge < -0.3 is 10.8 Å². The molecule has 0 amide bonds. The Morgan fingerprint density at radius 3 is 2.80 bits per heavy atom. The van der Waals surface area contributed by atoms with Crippen molar-refractivity contribution in [2.45, 2.75) is 6.42 Å². The molecule has 0 saturated carbocycles. The lowest BCUT2D eigenvalue weighted by Crippen LogP contribution is -1.96. The van der Waals surface area contributed by atoms with Gasteiger partial charge in [-0.1, -0.05) is 0 Å². The molecule has 0 aliphatic heterocycles. The van der Waals surface area contributed by atoms with Crippen molar-refractivity contribution in [1.29, 1.82) is 0 Å². The summed E-state index contributed by atoms with van der Waals surface area (Å²) < 4.78 is 0. The number of rotatable bonds is 2. The number of nitrogen functional groups attached to an aromatic ring is 1. The van der Waals surface area contributed by atoms with Gasteiger partial charge in [-0.25, -0.2) is 0 Å². The summed E-state index contributed by atoms with van der Waals surface area (Å²) in [6, 6.07) is 3.44. The number of aliphatic carboxylic acids is 1. The first kappa shape index (κ1) is 7.08. The molecule has 1 aromatic rings. The van der Waals surface area contributed by atoms with Gasteiger partial charge in [0.2, 0.25) is 0 Å². The molecule has 0 radical (unpaired) electrons. The molecule has 54 valence electrons. The number of nitrogens with two attached hydrogens (primary N) is 1. The van der Waals surface area contributed by atoms with Gasteiger partial charge in [-0.3, -0.25) is 4.79 Å². The van der Waals surface area contributed by atoms with Crippen molar-refractivity contribution in [2.24, 2.45) is 0 Å². The summed E-state index contributed by atoms with van der Waals surface area (Å²) in [6.07, 6.45) is 0.0713. The standard InChI is InChI=1S/C6H7NO2S/c7-5-2-1-4(10-5)3-6(8)9/h1-2H,3,7H2,(H,8,9). The SMILES string of the molecule is Nc1ccc(CC(=O)O)s1. The molecule has 0 unspecified atom stereocenters. The summed E-state index contributed by atoms with van der Waals surface area (Å²) in [5.41, 5.74) is 5.38. The van der Waals surface area contributed by atoms with Crippen LogP contribution in [-0.2, 0) is 11.2 Å². The normalized spacial score (nSPS) is 9.60. The largest absolute Gasteiger partial charge is 0.481 e. The van der Waals surface area contributed by atoms with Gasteiger partial charge in [-0.05, 0) is 12.1 Å². The molecule has 10 heavy (non-hydrogen) atoms. The maximum atomic E-state index is 10.1. The van der Waals surface area contributed by atoms with Crippen LogP contribution in [0.5, 0.6) is 0 Å². The molecule has 1 rings (SSSR count). The molecule has 0 fully saturated rings. The lowest BCUT2D eigenvalue weighted by atomic mass is 10.3. The molecule has 4 heteroatoms. The van der Waals surface area contributed by atoms with Crippen molar-refractivity contribution in [3.8, 4) is 0 Å². The van der Waals surface area contributed by atoms with Gasteiger partial charge in [-0.2, -0.15) is 0 Å². The fourth-order valence-electron chi connectivity index (χ4n) is 0.639. The van der Waals surface area contributed by atoms with Crippen molar-refractivity contribution in [3.63, 3.8) is 0 Å². The zero-order valence-electron chi connectivity index (χ0n) is 5.20. The van der Waals surface area contributed by atoms with Gasteiger partial charge in [0.05, 0.1) is 11.4 Å². The van der Waals surface area contributed by atoms with E-state index in [0.29, 0.717) is 5.00 Å². The lowest BCUT2D eigenvalue weighted by molar-refractivity contribution is -0.136. The van der Waals surface area contributed by atoms with Gasteiger partial charge in [-0.15, -0.1) is 11.3 Å². The fraction of sp³-hybridized carbons (Fsp3) is 0.167. The Balaban J connectivity index is 2.67. The number of thiophene rings is 1. The zero-order chi connectivity index (χ0) is 7.56. The van der Waals surface area contributed by atoms with Gasteiger partial charge in [0.25, 0.3) is 0 Å². The van der Waals surface area contributed by atoms with Crippen LogP contribution in [0.2, 0.25) is 0 Å². The number of anilines is 1. The number of hydrogen-bond donors (Lipinski definition) is 2. The molecule has 0 saturated heterocycles. The lowest BCUT2D eigenvalue weighted by Gasteiger charge is -1.86. The summed E-state index contributed by atoms with van der Waals surface area (Å²) in [5.74, 6) is -0.818. The van der Waals surface area contributed by atoms with E-state index in [1.807, 2.05) is 0 Å². The number of carbonyl (C=O) groups is 1. The Morgan fingerprint density at radius 2 is 2.40 bits per heavy atom. The molecule has 0 aliphatic rings. The topological polar surface area (TPSA) is 63.3 Å². The second-order valence-corrected chi connectivity index (χ2v) is 3.07. The monoisotopic (exact) mass is 157 g/mol. The minimum atomic E-state index is -0.818. The zero-order valence-corrected chi connectivity index (χ0v) is 6.02. The molecule has 3 nitrogen and oxygen atoms in total. The second kappa shape index (κ2) is 2.70. The maximum absolute atomic E-state index is 10.1. The fourth-order valence-corrected chi connectivity index (χ4v) is 1.41. The van der Waals surface area contributed by atoms with E-state index >= 15 is 0 Å². The smallest absolute Gasteiger partial charge is 0.308 e. The van der Waals surface area contributed by atoms with Crippen LogP contribution in [-0.4, -0.2) is 11.1 Å². The van der Waals surface area contributed by atoms with E-state index in [9.17, 15) is 4.79 Å². The molecule has 0 spiro atoms. The van der Waals surface area contributed by atoms with Crippen molar-refractivity contribution in [2.75, 3.05) is 5.73 Å². The van der Waals surface area contributed by atoms with Gasteiger partial charge in [0.1, 0.15) is 0 Å². The predicted molar refractivity (Wildman–Crippen MR) is 40.1 cm³/mol. The molecular weight excluding hydrogens is 150 g/mol. The summed E-state index contributed by atoms with van der Waals surface area (Å²) >= 11 is 1.31. The highest BCUT2D eigenvalue weighted by Crippen LogP contribution is 2.18. The third-order valence-electron chi connectivity index (χ3n) is 1.01. The van der Waals surface area contributed by atoms with Crippen LogP contribution in [0.1, 0.15) is 4.88 Å². The summed E-state index contributed by atoms with van der Waals surface area (Å²) in [6.45, 7) is 0. The van der Waals surface area contributed by atoms with Gasteiger partial charge >= 0.3 is 5.97 Å². The first-order valence-electron chi connectivity index (χ1n) is 2.74. The highest BCUT2D eigenvalue weighted by atomic mass is 32.1.